The second-order valence-electron chi connectivity index (χ2n) is 2.70. The fraction of sp³-hybridized carbons (Fsp3) is 0. The molecule has 0 unspecified atom stereocenters. The van der Waals surface area contributed by atoms with Crippen LogP contribution in [0.1, 0.15) is 0 Å². The molecular formula is C9H9N2O2+. The number of para-hydroxylation sites is 1. The molecule has 0 saturated heterocycles. The fourth-order valence-corrected chi connectivity index (χ4v) is 1.31. The molecule has 66 valence electrons. The van der Waals surface area contributed by atoms with Crippen LogP contribution in [0.5, 0.6) is 0 Å². The van der Waals surface area contributed by atoms with Crippen molar-refractivity contribution in [1.82, 2.24) is 0 Å². The van der Waals surface area contributed by atoms with E-state index in [2.05, 4.69) is 5.48 Å². The van der Waals surface area contributed by atoms with Gasteiger partial charge >= 0.3 is 0 Å². The van der Waals surface area contributed by atoms with Gasteiger partial charge in [0.25, 0.3) is 5.52 Å². The van der Waals surface area contributed by atoms with Crippen molar-refractivity contribution in [3.8, 4) is 0 Å². The van der Waals surface area contributed by atoms with Crippen molar-refractivity contribution >= 4 is 16.6 Å². The zero-order valence-corrected chi connectivity index (χ0v) is 6.81. The molecule has 13 heavy (non-hydrogen) atoms. The number of nitrogens with one attached hydrogen (secondary N) is 1. The van der Waals surface area contributed by atoms with Crippen LogP contribution in [-0.2, 0) is 0 Å². The zero-order chi connectivity index (χ0) is 9.26. The lowest BCUT2D eigenvalue weighted by molar-refractivity contribution is -0.884. The number of fused-ring (bicyclic) bond motifs is 1. The van der Waals surface area contributed by atoms with Gasteiger partial charge in [0.05, 0.1) is 11.1 Å². The molecule has 0 bridgehead atoms. The summed E-state index contributed by atoms with van der Waals surface area (Å²) in [5, 5.41) is 18.9. The highest BCUT2D eigenvalue weighted by molar-refractivity contribution is 5.88. The normalized spacial score (nSPS) is 10.2. The first-order valence-electron chi connectivity index (χ1n) is 3.85. The molecule has 0 aliphatic carbocycles. The van der Waals surface area contributed by atoms with Gasteiger partial charge in [-0.1, -0.05) is 12.1 Å². The van der Waals surface area contributed by atoms with Crippen molar-refractivity contribution in [1.29, 1.82) is 0 Å². The van der Waals surface area contributed by atoms with E-state index in [0.29, 0.717) is 11.2 Å². The Bertz CT molecular complexity index is 443. The van der Waals surface area contributed by atoms with E-state index in [1.54, 1.807) is 18.2 Å². The number of anilines is 1. The minimum absolute atomic E-state index is 0.570. The second-order valence-corrected chi connectivity index (χ2v) is 2.70. The molecule has 0 amide bonds. The molecule has 2 aromatic rings. The molecule has 2 rings (SSSR count). The Kier molecular flexibility index (Phi) is 1.75. The Morgan fingerprint density at radius 1 is 1.15 bits per heavy atom. The first kappa shape index (κ1) is 7.82. The maximum Gasteiger partial charge on any atom is 0.266 e. The van der Waals surface area contributed by atoms with Gasteiger partial charge in [-0.05, 0) is 6.07 Å². The molecule has 0 aliphatic rings. The topological polar surface area (TPSA) is 56.4 Å². The van der Waals surface area contributed by atoms with Crippen molar-refractivity contribution in [3.63, 3.8) is 0 Å². The molecule has 0 spiro atoms. The van der Waals surface area contributed by atoms with Crippen LogP contribution < -0.4 is 10.2 Å². The second kappa shape index (κ2) is 2.91. The van der Waals surface area contributed by atoms with Crippen LogP contribution in [0.15, 0.2) is 36.5 Å². The van der Waals surface area contributed by atoms with Gasteiger partial charge < -0.3 is 0 Å². The summed E-state index contributed by atoms with van der Waals surface area (Å²) in [6, 6.07) is 8.80. The molecule has 0 saturated carbocycles. The van der Waals surface area contributed by atoms with E-state index in [1.807, 2.05) is 12.1 Å². The summed E-state index contributed by atoms with van der Waals surface area (Å²) >= 11 is 0. The first-order valence-corrected chi connectivity index (χ1v) is 3.85. The fourth-order valence-electron chi connectivity index (χ4n) is 1.31. The summed E-state index contributed by atoms with van der Waals surface area (Å²) < 4.78 is 1.01. The van der Waals surface area contributed by atoms with Gasteiger partial charge in [-0.25, -0.2) is 0 Å². The number of nitrogens with zero attached hydrogens (tertiary/aromatic N) is 1. The highest BCUT2D eigenvalue weighted by Gasteiger charge is 2.09. The highest BCUT2D eigenvalue weighted by atomic mass is 16.5. The lowest BCUT2D eigenvalue weighted by atomic mass is 10.2. The molecule has 1 aromatic heterocycles. The summed E-state index contributed by atoms with van der Waals surface area (Å²) in [7, 11) is 0. The van der Waals surface area contributed by atoms with Gasteiger partial charge in [0.2, 0.25) is 6.20 Å². The third-order valence-electron chi connectivity index (χ3n) is 1.94. The van der Waals surface area contributed by atoms with Crippen molar-refractivity contribution < 1.29 is 15.1 Å². The van der Waals surface area contributed by atoms with E-state index < -0.39 is 0 Å². The van der Waals surface area contributed by atoms with Gasteiger partial charge in [-0.15, -0.1) is 0 Å². The Hall–Kier alpha value is -1.81. The van der Waals surface area contributed by atoms with Crippen molar-refractivity contribution in [2.75, 3.05) is 5.48 Å². The van der Waals surface area contributed by atoms with Gasteiger partial charge in [0.15, 0.2) is 0 Å². The van der Waals surface area contributed by atoms with Crippen LogP contribution in [0, 0.1) is 0 Å². The smallest absolute Gasteiger partial charge is 0.266 e. The van der Waals surface area contributed by atoms with Crippen LogP contribution in [-0.4, -0.2) is 10.4 Å². The quantitative estimate of drug-likeness (QED) is 0.348. The Morgan fingerprint density at radius 3 is 2.69 bits per heavy atom. The number of aromatic nitrogens is 1. The van der Waals surface area contributed by atoms with E-state index in [-0.39, 0.29) is 0 Å². The molecule has 1 heterocycles. The summed E-state index contributed by atoms with van der Waals surface area (Å²) in [6.07, 6.45) is 1.46. The van der Waals surface area contributed by atoms with Crippen LogP contribution in [0.25, 0.3) is 10.9 Å². The van der Waals surface area contributed by atoms with Crippen LogP contribution >= 0.6 is 0 Å². The number of pyridine rings is 1. The van der Waals surface area contributed by atoms with Gasteiger partial charge in [-0.3, -0.25) is 15.9 Å². The summed E-state index contributed by atoms with van der Waals surface area (Å²) in [4.78, 5) is 0. The summed E-state index contributed by atoms with van der Waals surface area (Å²) in [5.41, 5.74) is 3.28. The number of benzene rings is 1. The number of hydrogen-bond donors (Lipinski definition) is 3. The molecule has 0 atom stereocenters. The number of hydrogen-bond acceptors (Lipinski definition) is 3. The number of rotatable bonds is 1. The predicted octanol–water partition coefficient (Wildman–Crippen LogP) is 1.17. The average Bonchev–Trinajstić information content (AvgIpc) is 2.19. The van der Waals surface area contributed by atoms with E-state index in [4.69, 9.17) is 5.21 Å². The predicted molar refractivity (Wildman–Crippen MR) is 46.7 cm³/mol. The Balaban J connectivity index is 2.84. The Labute approximate surface area is 74.6 Å². The van der Waals surface area contributed by atoms with Gasteiger partial charge in [-0.2, -0.15) is 0 Å². The summed E-state index contributed by atoms with van der Waals surface area (Å²) in [5.74, 6) is 0. The highest BCUT2D eigenvalue weighted by Crippen LogP contribution is 2.18. The zero-order valence-electron chi connectivity index (χ0n) is 6.81. The van der Waals surface area contributed by atoms with E-state index in [9.17, 15) is 5.21 Å². The van der Waals surface area contributed by atoms with E-state index in [1.165, 1.54) is 6.20 Å². The van der Waals surface area contributed by atoms with Crippen LogP contribution in [0.4, 0.5) is 5.69 Å². The SMILES string of the molecule is ONc1cc[n+](O)c2ccccc12. The molecular weight excluding hydrogens is 168 g/mol. The minimum atomic E-state index is 0.570. The van der Waals surface area contributed by atoms with Crippen LogP contribution in [0.2, 0.25) is 0 Å². The Morgan fingerprint density at radius 2 is 1.92 bits per heavy atom. The largest absolute Gasteiger partial charge is 0.291 e. The van der Waals surface area contributed by atoms with Crippen molar-refractivity contribution in [2.24, 2.45) is 0 Å². The average molecular weight is 177 g/mol. The monoisotopic (exact) mass is 177 g/mol. The molecule has 4 heteroatoms. The minimum Gasteiger partial charge on any atom is -0.291 e. The molecule has 1 aromatic carbocycles. The van der Waals surface area contributed by atoms with Gasteiger partial charge in [0.1, 0.15) is 0 Å². The molecule has 3 N–H and O–H groups in total. The maximum atomic E-state index is 9.40. The lowest BCUT2D eigenvalue weighted by Crippen LogP contribution is -2.30. The van der Waals surface area contributed by atoms with Gasteiger partial charge in [0, 0.05) is 16.9 Å². The third-order valence-corrected chi connectivity index (χ3v) is 1.94. The molecule has 0 aliphatic heterocycles. The maximum absolute atomic E-state index is 9.40. The van der Waals surface area contributed by atoms with Crippen LogP contribution in [0.3, 0.4) is 0 Å². The van der Waals surface area contributed by atoms with E-state index in [0.717, 1.165) is 10.1 Å². The first-order chi connectivity index (χ1) is 6.33. The lowest BCUT2D eigenvalue weighted by Gasteiger charge is -1.99. The summed E-state index contributed by atoms with van der Waals surface area (Å²) in [6.45, 7) is 0. The third kappa shape index (κ3) is 1.17. The molecule has 0 fully saturated rings. The van der Waals surface area contributed by atoms with E-state index >= 15 is 0 Å². The van der Waals surface area contributed by atoms with Crippen molar-refractivity contribution in [3.05, 3.63) is 36.5 Å². The molecule has 0 radical (unpaired) electrons. The standard InChI is InChI=1S/C9H8N2O2/c12-10-8-5-6-11(13)9-4-2-1-3-7(8)9/h1-6,12-13H/p+1. The van der Waals surface area contributed by atoms with Crippen molar-refractivity contribution in [2.45, 2.75) is 0 Å². The molecule has 4 nitrogen and oxygen atoms in total.